The summed E-state index contributed by atoms with van der Waals surface area (Å²) in [6.07, 6.45) is 3.76. The van der Waals surface area contributed by atoms with E-state index in [0.717, 1.165) is 20.2 Å². The Morgan fingerprint density at radius 1 is 1.15 bits per heavy atom. The van der Waals surface area contributed by atoms with Gasteiger partial charge in [-0.15, -0.1) is 0 Å². The Kier molecular flexibility index (Phi) is 6.24. The number of ether oxygens (including phenoxy) is 1. The van der Waals surface area contributed by atoms with Gasteiger partial charge < -0.3 is 15.2 Å². The summed E-state index contributed by atoms with van der Waals surface area (Å²) < 4.78 is 7.48. The van der Waals surface area contributed by atoms with Gasteiger partial charge in [0.05, 0.1) is 15.4 Å². The minimum atomic E-state index is -0.858. The Morgan fingerprint density at radius 2 is 1.85 bits per heavy atom. The summed E-state index contributed by atoms with van der Waals surface area (Å²) in [4.78, 5) is 10.9. The molecule has 0 heterocycles. The molecular weight excluding hydrogens is 462 g/mol. The van der Waals surface area contributed by atoms with E-state index in [2.05, 4.69) is 62.3 Å². The molecule has 1 aliphatic rings. The van der Waals surface area contributed by atoms with E-state index in [4.69, 9.17) is 9.84 Å². The summed E-state index contributed by atoms with van der Waals surface area (Å²) in [5, 5.41) is 12.5. The minimum Gasteiger partial charge on any atom is -0.487 e. The zero-order valence-electron chi connectivity index (χ0n) is 14.5. The fraction of sp³-hybridized carbons (Fsp3) is 0.350. The van der Waals surface area contributed by atoms with Gasteiger partial charge in [0.15, 0.2) is 0 Å². The molecule has 4 nitrogen and oxygen atoms in total. The molecular formula is C20H21Br2NO3. The van der Waals surface area contributed by atoms with E-state index in [1.54, 1.807) is 12.1 Å². The van der Waals surface area contributed by atoms with Gasteiger partial charge in [0, 0.05) is 11.7 Å². The molecule has 0 spiro atoms. The van der Waals surface area contributed by atoms with Crippen LogP contribution >= 0.6 is 31.9 Å². The average molecular weight is 483 g/mol. The number of anilines is 1. The molecule has 138 valence electrons. The van der Waals surface area contributed by atoms with Gasteiger partial charge in [-0.2, -0.15) is 0 Å². The Morgan fingerprint density at radius 3 is 2.42 bits per heavy atom. The number of carboxylic acid groups (broad SMARTS) is 1. The van der Waals surface area contributed by atoms with E-state index in [-0.39, 0.29) is 6.42 Å². The number of hydrogen-bond donors (Lipinski definition) is 2. The number of aryl methyl sites for hydroxylation is 1. The Hall–Kier alpha value is -1.53. The molecule has 0 aliphatic heterocycles. The Bertz CT molecular complexity index is 796. The molecule has 0 unspecified atom stereocenters. The molecule has 0 amide bonds. The van der Waals surface area contributed by atoms with Gasteiger partial charge in [-0.05, 0) is 99.0 Å². The first kappa shape index (κ1) is 19.2. The second-order valence-corrected chi connectivity index (χ2v) is 8.44. The van der Waals surface area contributed by atoms with Crippen molar-refractivity contribution in [1.29, 1.82) is 0 Å². The number of rotatable bonds is 7. The van der Waals surface area contributed by atoms with Gasteiger partial charge in [-0.1, -0.05) is 6.07 Å². The number of aliphatic carboxylic acids is 1. The lowest BCUT2D eigenvalue weighted by Crippen LogP contribution is -2.27. The van der Waals surface area contributed by atoms with Crippen molar-refractivity contribution >= 4 is 43.5 Å². The first-order valence-electron chi connectivity index (χ1n) is 8.60. The van der Waals surface area contributed by atoms with Crippen molar-refractivity contribution in [3.8, 4) is 5.75 Å². The molecule has 1 fully saturated rings. The van der Waals surface area contributed by atoms with Crippen LogP contribution in [0, 0.1) is 6.92 Å². The number of carbonyl (C=O) groups is 1. The van der Waals surface area contributed by atoms with Crippen molar-refractivity contribution in [3.05, 3.63) is 56.0 Å². The Labute approximate surface area is 170 Å². The van der Waals surface area contributed by atoms with Crippen LogP contribution in [0.2, 0.25) is 0 Å². The highest BCUT2D eigenvalue weighted by molar-refractivity contribution is 9.11. The molecule has 3 rings (SSSR count). The van der Waals surface area contributed by atoms with Crippen LogP contribution in [0.1, 0.15) is 36.0 Å². The molecule has 0 aromatic heterocycles. The fourth-order valence-corrected chi connectivity index (χ4v) is 4.51. The normalized spacial score (nSPS) is 14.0. The molecule has 26 heavy (non-hydrogen) atoms. The van der Waals surface area contributed by atoms with Gasteiger partial charge in [-0.3, -0.25) is 4.79 Å². The molecule has 0 bridgehead atoms. The third kappa shape index (κ3) is 5.01. The van der Waals surface area contributed by atoms with Crippen LogP contribution in [0.5, 0.6) is 5.75 Å². The summed E-state index contributed by atoms with van der Waals surface area (Å²) in [7, 11) is 0. The van der Waals surface area contributed by atoms with E-state index in [0.29, 0.717) is 24.0 Å². The predicted octanol–water partition coefficient (Wildman–Crippen LogP) is 5.69. The molecule has 1 aliphatic carbocycles. The monoisotopic (exact) mass is 481 g/mol. The molecule has 2 aromatic rings. The average Bonchev–Trinajstić information content (AvgIpc) is 2.49. The standard InChI is InChI=1S/C20H21Br2NO3/c1-12-5-14(7-16(6-12)23-15-3-2-4-15)11-26-20-17(21)8-13(9-18(20)22)10-19(24)25/h5-9,15,23H,2-4,10-11H2,1H3,(H,24,25). The maximum absolute atomic E-state index is 10.9. The van der Waals surface area contributed by atoms with E-state index >= 15 is 0 Å². The van der Waals surface area contributed by atoms with Crippen molar-refractivity contribution < 1.29 is 14.6 Å². The summed E-state index contributed by atoms with van der Waals surface area (Å²) in [6.45, 7) is 2.53. The predicted molar refractivity (Wildman–Crippen MR) is 110 cm³/mol. The fourth-order valence-electron chi connectivity index (χ4n) is 3.00. The number of nitrogens with one attached hydrogen (secondary N) is 1. The van der Waals surface area contributed by atoms with Crippen molar-refractivity contribution in [2.75, 3.05) is 5.32 Å². The lowest BCUT2D eigenvalue weighted by molar-refractivity contribution is -0.136. The molecule has 0 atom stereocenters. The van der Waals surface area contributed by atoms with Crippen LogP contribution in [0.15, 0.2) is 39.3 Å². The van der Waals surface area contributed by atoms with E-state index < -0.39 is 5.97 Å². The van der Waals surface area contributed by atoms with E-state index in [1.165, 1.54) is 24.8 Å². The number of carboxylic acids is 1. The summed E-state index contributed by atoms with van der Waals surface area (Å²) >= 11 is 6.96. The van der Waals surface area contributed by atoms with Crippen molar-refractivity contribution in [3.63, 3.8) is 0 Å². The summed E-state index contributed by atoms with van der Waals surface area (Å²) in [6, 6.07) is 10.6. The van der Waals surface area contributed by atoms with Gasteiger partial charge >= 0.3 is 5.97 Å². The van der Waals surface area contributed by atoms with Crippen LogP contribution in [0.25, 0.3) is 0 Å². The second-order valence-electron chi connectivity index (χ2n) is 6.73. The summed E-state index contributed by atoms with van der Waals surface area (Å²) in [5.74, 6) is -0.183. The Balaban J connectivity index is 1.71. The van der Waals surface area contributed by atoms with Crippen molar-refractivity contribution in [2.45, 2.75) is 45.3 Å². The van der Waals surface area contributed by atoms with Crippen LogP contribution < -0.4 is 10.1 Å². The maximum Gasteiger partial charge on any atom is 0.307 e. The van der Waals surface area contributed by atoms with Gasteiger partial charge in [0.25, 0.3) is 0 Å². The molecule has 2 N–H and O–H groups in total. The van der Waals surface area contributed by atoms with Gasteiger partial charge in [0.1, 0.15) is 12.4 Å². The topological polar surface area (TPSA) is 58.6 Å². The third-order valence-electron chi connectivity index (χ3n) is 4.41. The molecule has 0 radical (unpaired) electrons. The van der Waals surface area contributed by atoms with Gasteiger partial charge in [0.2, 0.25) is 0 Å². The second kappa shape index (κ2) is 8.44. The first-order chi connectivity index (χ1) is 12.4. The highest BCUT2D eigenvalue weighted by Crippen LogP contribution is 2.35. The highest BCUT2D eigenvalue weighted by Gasteiger charge is 2.17. The van der Waals surface area contributed by atoms with Gasteiger partial charge in [-0.25, -0.2) is 0 Å². The van der Waals surface area contributed by atoms with Crippen LogP contribution in [-0.4, -0.2) is 17.1 Å². The first-order valence-corrected chi connectivity index (χ1v) is 10.2. The van der Waals surface area contributed by atoms with Crippen LogP contribution in [0.4, 0.5) is 5.69 Å². The number of halogens is 2. The molecule has 0 saturated heterocycles. The van der Waals surface area contributed by atoms with Crippen LogP contribution in [-0.2, 0) is 17.8 Å². The van der Waals surface area contributed by atoms with E-state index in [9.17, 15) is 4.79 Å². The quantitative estimate of drug-likeness (QED) is 0.532. The largest absolute Gasteiger partial charge is 0.487 e. The minimum absolute atomic E-state index is 0.0223. The van der Waals surface area contributed by atoms with E-state index in [1.807, 2.05) is 0 Å². The SMILES string of the molecule is Cc1cc(COc2c(Br)cc(CC(=O)O)cc2Br)cc(NC2CCC2)c1. The van der Waals surface area contributed by atoms with Crippen molar-refractivity contribution in [1.82, 2.24) is 0 Å². The lowest BCUT2D eigenvalue weighted by Gasteiger charge is -2.28. The third-order valence-corrected chi connectivity index (χ3v) is 5.59. The molecule has 6 heteroatoms. The van der Waals surface area contributed by atoms with Crippen LogP contribution in [0.3, 0.4) is 0 Å². The smallest absolute Gasteiger partial charge is 0.307 e. The maximum atomic E-state index is 10.9. The zero-order chi connectivity index (χ0) is 18.7. The molecule has 1 saturated carbocycles. The number of benzene rings is 2. The zero-order valence-corrected chi connectivity index (χ0v) is 17.7. The van der Waals surface area contributed by atoms with Crippen molar-refractivity contribution in [2.24, 2.45) is 0 Å². The summed E-state index contributed by atoms with van der Waals surface area (Å²) in [5.41, 5.74) is 4.15. The molecule has 2 aromatic carbocycles. The highest BCUT2D eigenvalue weighted by atomic mass is 79.9. The number of hydrogen-bond acceptors (Lipinski definition) is 3. The lowest BCUT2D eigenvalue weighted by atomic mass is 9.93.